The third-order valence-electron chi connectivity index (χ3n) is 9.34. The van der Waals surface area contributed by atoms with Crippen molar-refractivity contribution in [2.24, 2.45) is 11.3 Å². The van der Waals surface area contributed by atoms with Gasteiger partial charge in [0, 0.05) is 0 Å². The first-order valence-corrected chi connectivity index (χ1v) is 18.8. The Balaban J connectivity index is 1.75. The molecule has 0 radical (unpaired) electrons. The quantitative estimate of drug-likeness (QED) is 0.189. The molecule has 0 saturated carbocycles. The van der Waals surface area contributed by atoms with Gasteiger partial charge in [-0.15, -0.1) is 0 Å². The number of benzene rings is 4. The molecular formula is C40H42Zr. The average molecular weight is 614 g/mol. The topological polar surface area (TPSA) is 0 Å². The third kappa shape index (κ3) is 5.06. The summed E-state index contributed by atoms with van der Waals surface area (Å²) in [6.45, 7) is 18.8. The Morgan fingerprint density at radius 1 is 0.732 bits per heavy atom. The van der Waals surface area contributed by atoms with E-state index in [1.807, 2.05) is 0 Å². The molecule has 4 aromatic rings. The molecular weight excluding hydrogens is 572 g/mol. The molecule has 0 nitrogen and oxygen atoms in total. The van der Waals surface area contributed by atoms with Crippen molar-refractivity contribution in [3.63, 3.8) is 0 Å². The van der Waals surface area contributed by atoms with Crippen molar-refractivity contribution in [1.82, 2.24) is 0 Å². The van der Waals surface area contributed by atoms with Gasteiger partial charge in [-0.05, 0) is 0 Å². The molecule has 41 heavy (non-hydrogen) atoms. The van der Waals surface area contributed by atoms with Crippen LogP contribution in [-0.4, -0.2) is 3.21 Å². The van der Waals surface area contributed by atoms with E-state index in [1.165, 1.54) is 55.6 Å². The zero-order valence-electron chi connectivity index (χ0n) is 25.9. The number of hydrogen-bond acceptors (Lipinski definition) is 0. The van der Waals surface area contributed by atoms with Crippen LogP contribution < -0.4 is 3.27 Å². The molecule has 1 heteroatoms. The molecule has 0 spiro atoms. The van der Waals surface area contributed by atoms with Gasteiger partial charge in [-0.3, -0.25) is 0 Å². The van der Waals surface area contributed by atoms with Gasteiger partial charge in [-0.1, -0.05) is 0 Å². The molecule has 0 heterocycles. The van der Waals surface area contributed by atoms with E-state index in [9.17, 15) is 0 Å². The van der Waals surface area contributed by atoms with Crippen LogP contribution in [0.15, 0.2) is 99.9 Å². The molecule has 6 rings (SSSR count). The van der Waals surface area contributed by atoms with Crippen molar-refractivity contribution >= 4 is 6.48 Å². The van der Waals surface area contributed by atoms with E-state index in [-0.39, 0.29) is 5.41 Å². The second-order valence-corrected chi connectivity index (χ2v) is 19.0. The van der Waals surface area contributed by atoms with E-state index in [1.54, 1.807) is 15.3 Å². The molecule has 0 bridgehead atoms. The zero-order valence-corrected chi connectivity index (χ0v) is 28.4. The minimum atomic E-state index is -2.79. The molecule has 0 aromatic heterocycles. The summed E-state index contributed by atoms with van der Waals surface area (Å²) >= 11 is -2.79. The Hall–Kier alpha value is -2.89. The van der Waals surface area contributed by atoms with Gasteiger partial charge in [0.25, 0.3) is 0 Å². The van der Waals surface area contributed by atoms with Gasteiger partial charge in [-0.25, -0.2) is 0 Å². The molecule has 0 amide bonds. The molecule has 1 unspecified atom stereocenters. The van der Waals surface area contributed by atoms with E-state index in [2.05, 4.69) is 146 Å². The summed E-state index contributed by atoms with van der Waals surface area (Å²) in [7, 11) is 0. The van der Waals surface area contributed by atoms with Gasteiger partial charge in [0.05, 0.1) is 0 Å². The van der Waals surface area contributed by atoms with E-state index in [0.29, 0.717) is 5.92 Å². The van der Waals surface area contributed by atoms with Gasteiger partial charge < -0.3 is 0 Å². The zero-order chi connectivity index (χ0) is 29.1. The molecule has 2 aliphatic rings. The van der Waals surface area contributed by atoms with Gasteiger partial charge >= 0.3 is 256 Å². The Kier molecular flexibility index (Phi) is 7.40. The first-order valence-electron chi connectivity index (χ1n) is 15.1. The Morgan fingerprint density at radius 3 is 1.85 bits per heavy atom. The number of aryl methyl sites for hydroxylation is 3. The molecule has 0 fully saturated rings. The molecule has 0 saturated heterocycles. The van der Waals surface area contributed by atoms with Crippen LogP contribution >= 0.6 is 0 Å². The fourth-order valence-corrected chi connectivity index (χ4v) is 15.8. The molecule has 0 aliphatic heterocycles. The van der Waals surface area contributed by atoms with Gasteiger partial charge in [0.2, 0.25) is 0 Å². The maximum absolute atomic E-state index is 2.79. The maximum atomic E-state index is 2.63. The first kappa shape index (κ1) is 28.2. The van der Waals surface area contributed by atoms with Crippen LogP contribution in [0.3, 0.4) is 0 Å². The van der Waals surface area contributed by atoms with Crippen LogP contribution in [0.2, 0.25) is 0 Å². The summed E-state index contributed by atoms with van der Waals surface area (Å²) in [5.74, 6) is 0.449. The van der Waals surface area contributed by atoms with Gasteiger partial charge in [-0.2, -0.15) is 0 Å². The van der Waals surface area contributed by atoms with Crippen LogP contribution in [-0.2, 0) is 27.7 Å². The standard InChI is InChI=1S/C17H17.C13H10.C10H15.Zr/c1-10-5-14-9-15-6-11(2)13(4)8-17(15)16(14)7-12(10)3;1-3-7-12(8-4-1)11-13-9-5-2-6-10-13;1-8-5-6-9(7-8)10(2,3)4;/h5,7-8H,9H2,1-4H3;1-10H;6-8H,1-4H3;. The van der Waals surface area contributed by atoms with E-state index in [4.69, 9.17) is 0 Å². The summed E-state index contributed by atoms with van der Waals surface area (Å²) in [4.78, 5) is 0. The minimum absolute atomic E-state index is 0.138. The number of hydrogen-bond donors (Lipinski definition) is 0. The Bertz CT molecular complexity index is 1710. The number of allylic oxidation sites excluding steroid dienone is 4. The van der Waals surface area contributed by atoms with Gasteiger partial charge in [0.1, 0.15) is 0 Å². The second kappa shape index (κ2) is 10.7. The average Bonchev–Trinajstić information content (AvgIpc) is 3.50. The molecule has 0 N–H and O–H groups in total. The Morgan fingerprint density at radius 2 is 1.29 bits per heavy atom. The van der Waals surface area contributed by atoms with Crippen molar-refractivity contribution in [2.45, 2.75) is 61.8 Å². The van der Waals surface area contributed by atoms with Crippen molar-refractivity contribution in [2.75, 3.05) is 0 Å². The summed E-state index contributed by atoms with van der Waals surface area (Å²) in [5.41, 5.74) is 16.2. The molecule has 4 aromatic carbocycles. The summed E-state index contributed by atoms with van der Waals surface area (Å²) in [6, 6.07) is 30.0. The van der Waals surface area contributed by atoms with Crippen LogP contribution in [0.1, 0.15) is 72.2 Å². The normalized spacial score (nSPS) is 15.8. The van der Waals surface area contributed by atoms with Gasteiger partial charge in [0.15, 0.2) is 0 Å². The van der Waals surface area contributed by atoms with Crippen LogP contribution in [0, 0.1) is 39.0 Å². The van der Waals surface area contributed by atoms with Crippen molar-refractivity contribution in [3.05, 3.63) is 144 Å². The predicted molar refractivity (Wildman–Crippen MR) is 174 cm³/mol. The van der Waals surface area contributed by atoms with Crippen LogP contribution in [0.25, 0.3) is 11.1 Å². The van der Waals surface area contributed by atoms with Crippen molar-refractivity contribution in [1.29, 1.82) is 0 Å². The fraction of sp³-hybridized carbons (Fsp3) is 0.275. The fourth-order valence-electron chi connectivity index (χ4n) is 6.75. The third-order valence-corrected chi connectivity index (χ3v) is 17.8. The molecule has 206 valence electrons. The van der Waals surface area contributed by atoms with E-state index < -0.39 is 21.3 Å². The number of fused-ring (bicyclic) bond motifs is 3. The number of rotatable bonds is 4. The van der Waals surface area contributed by atoms with Crippen molar-refractivity contribution < 1.29 is 21.3 Å². The van der Waals surface area contributed by atoms with Crippen molar-refractivity contribution in [3.8, 4) is 11.1 Å². The van der Waals surface area contributed by atoms with E-state index >= 15 is 0 Å². The summed E-state index contributed by atoms with van der Waals surface area (Å²) < 4.78 is 5.02. The van der Waals surface area contributed by atoms with Crippen LogP contribution in [0.5, 0.6) is 0 Å². The monoisotopic (exact) mass is 612 g/mol. The summed E-state index contributed by atoms with van der Waals surface area (Å²) in [6.07, 6.45) is 6.25. The SMILES string of the molecule is Cc1cc2c(cc1C)-c1cc(C)c(C)[c]([Zr]([C]3=CC(C(C)(C)C)=CC3C)=[C](c3ccccc3)c3ccccc3)c1C2. The van der Waals surface area contributed by atoms with Crippen LogP contribution in [0.4, 0.5) is 0 Å². The first-order chi connectivity index (χ1) is 19.5. The molecule has 1 atom stereocenters. The Labute approximate surface area is 255 Å². The van der Waals surface area contributed by atoms with E-state index in [0.717, 1.165) is 6.42 Å². The molecule has 2 aliphatic carbocycles. The predicted octanol–water partition coefficient (Wildman–Crippen LogP) is 9.51. The summed E-state index contributed by atoms with van der Waals surface area (Å²) in [5, 5.41) is 0. The second-order valence-electron chi connectivity index (χ2n) is 13.2.